The molecule has 0 amide bonds. The zero-order valence-corrected chi connectivity index (χ0v) is 7.96. The Labute approximate surface area is 78.9 Å². The number of rotatable bonds is 0. The average Bonchev–Trinajstić information content (AvgIpc) is 2.27. The Bertz CT molecular complexity index is 449. The van der Waals surface area contributed by atoms with E-state index in [4.69, 9.17) is 0 Å². The lowest BCUT2D eigenvalue weighted by molar-refractivity contribution is 0.998. The number of fused-ring (bicyclic) bond motifs is 1. The second kappa shape index (κ2) is 3.11. The summed E-state index contributed by atoms with van der Waals surface area (Å²) in [5.41, 5.74) is 1.31. The van der Waals surface area contributed by atoms with Gasteiger partial charge in [0.25, 0.3) is 0 Å². The van der Waals surface area contributed by atoms with Crippen molar-refractivity contribution in [3.05, 3.63) is 46.9 Å². The van der Waals surface area contributed by atoms with Crippen molar-refractivity contribution in [3.8, 4) is 0 Å². The molecule has 64 valence electrons. The van der Waals surface area contributed by atoms with Crippen molar-refractivity contribution in [2.45, 2.75) is 13.8 Å². The van der Waals surface area contributed by atoms with E-state index in [1.165, 1.54) is 16.0 Å². The Morgan fingerprint density at radius 3 is 3.08 bits per heavy atom. The Kier molecular flexibility index (Phi) is 1.94. The van der Waals surface area contributed by atoms with Gasteiger partial charge in [0.05, 0.1) is 0 Å². The van der Waals surface area contributed by atoms with Crippen LogP contribution < -0.4 is 10.4 Å². The smallest absolute Gasteiger partial charge is 0.0290 e. The van der Waals surface area contributed by atoms with E-state index in [9.17, 15) is 0 Å². The highest BCUT2D eigenvalue weighted by Gasteiger charge is 1.97. The van der Waals surface area contributed by atoms with Crippen molar-refractivity contribution < 1.29 is 0 Å². The van der Waals surface area contributed by atoms with Gasteiger partial charge in [0, 0.05) is 5.22 Å². The van der Waals surface area contributed by atoms with Gasteiger partial charge in [-0.3, -0.25) is 0 Å². The van der Waals surface area contributed by atoms with Crippen molar-refractivity contribution in [2.24, 2.45) is 5.92 Å². The molecule has 0 saturated carbocycles. The first-order chi connectivity index (χ1) is 6.27. The van der Waals surface area contributed by atoms with Gasteiger partial charge in [0.2, 0.25) is 0 Å². The third-order valence-electron chi connectivity index (χ3n) is 2.33. The number of hydrogen-bond acceptors (Lipinski definition) is 0. The van der Waals surface area contributed by atoms with E-state index in [1.807, 2.05) is 6.07 Å². The van der Waals surface area contributed by atoms with Gasteiger partial charge in [-0.05, 0) is 35.8 Å². The van der Waals surface area contributed by atoms with Crippen molar-refractivity contribution in [1.82, 2.24) is 0 Å². The summed E-state index contributed by atoms with van der Waals surface area (Å²) < 4.78 is 0. The standard InChI is InChI=1S/C13H12/c1-10-7-8-11(2)13-6-4-3-5-12(13)9-10/h4,6-10H,1-2H3. The fraction of sp³-hybridized carbons (Fsp3) is 0.231. The van der Waals surface area contributed by atoms with Crippen molar-refractivity contribution in [2.75, 3.05) is 0 Å². The topological polar surface area (TPSA) is 0 Å². The predicted molar refractivity (Wildman–Crippen MR) is 55.2 cm³/mol. The summed E-state index contributed by atoms with van der Waals surface area (Å²) in [6.07, 6.45) is 6.61. The van der Waals surface area contributed by atoms with Crippen LogP contribution in [0.15, 0.2) is 24.3 Å². The maximum absolute atomic E-state index is 3.15. The average molecular weight is 168 g/mol. The van der Waals surface area contributed by atoms with E-state index >= 15 is 0 Å². The monoisotopic (exact) mass is 168 g/mol. The summed E-state index contributed by atoms with van der Waals surface area (Å²) in [6, 6.07) is 10.2. The quantitative estimate of drug-likeness (QED) is 0.550. The van der Waals surface area contributed by atoms with E-state index < -0.39 is 0 Å². The summed E-state index contributed by atoms with van der Waals surface area (Å²) in [7, 11) is 0. The summed E-state index contributed by atoms with van der Waals surface area (Å²) in [6.45, 7) is 4.31. The van der Waals surface area contributed by atoms with Crippen LogP contribution in [0.3, 0.4) is 0 Å². The van der Waals surface area contributed by atoms with Crippen molar-refractivity contribution in [3.63, 3.8) is 0 Å². The second-order valence-electron chi connectivity index (χ2n) is 3.50. The van der Waals surface area contributed by atoms with E-state index in [0.717, 1.165) is 0 Å². The molecule has 1 unspecified atom stereocenters. The molecule has 2 rings (SSSR count). The Hall–Kier alpha value is -1.48. The molecule has 0 aliphatic heterocycles. The first-order valence-corrected chi connectivity index (χ1v) is 4.57. The van der Waals surface area contributed by atoms with Crippen LogP contribution in [0.2, 0.25) is 0 Å². The highest BCUT2D eigenvalue weighted by molar-refractivity contribution is 5.57. The number of hydrogen-bond donors (Lipinski definition) is 0. The van der Waals surface area contributed by atoms with Crippen LogP contribution in [0.25, 0.3) is 11.6 Å². The summed E-state index contributed by atoms with van der Waals surface area (Å²) >= 11 is 0. The Morgan fingerprint density at radius 1 is 1.38 bits per heavy atom. The summed E-state index contributed by atoms with van der Waals surface area (Å²) in [5.74, 6) is 0.489. The summed E-state index contributed by atoms with van der Waals surface area (Å²) in [4.78, 5) is 0. The lowest BCUT2D eigenvalue weighted by atomic mass is 10.1. The Morgan fingerprint density at radius 2 is 2.23 bits per heavy atom. The SMILES string of the molecule is CC1=c2ccc#cc2=CC(C)C=C1. The van der Waals surface area contributed by atoms with Crippen LogP contribution in [0, 0.1) is 18.1 Å². The minimum Gasteiger partial charge on any atom is -0.0776 e. The highest BCUT2D eigenvalue weighted by Crippen LogP contribution is 2.04. The van der Waals surface area contributed by atoms with Gasteiger partial charge < -0.3 is 0 Å². The van der Waals surface area contributed by atoms with Crippen LogP contribution in [0.5, 0.6) is 0 Å². The van der Waals surface area contributed by atoms with Gasteiger partial charge in [0.1, 0.15) is 0 Å². The summed E-state index contributed by atoms with van der Waals surface area (Å²) in [5, 5.41) is 2.46. The van der Waals surface area contributed by atoms with E-state index in [2.05, 4.69) is 50.3 Å². The molecule has 0 saturated heterocycles. The van der Waals surface area contributed by atoms with Gasteiger partial charge >= 0.3 is 0 Å². The first-order valence-electron chi connectivity index (χ1n) is 4.57. The Balaban J connectivity index is 2.84. The molecule has 0 N–H and O–H groups in total. The van der Waals surface area contributed by atoms with Gasteiger partial charge in [-0.15, -0.1) is 0 Å². The van der Waals surface area contributed by atoms with Crippen LogP contribution in [-0.2, 0) is 0 Å². The normalized spacial score (nSPS) is 19.8. The lowest BCUT2D eigenvalue weighted by Crippen LogP contribution is -2.24. The second-order valence-corrected chi connectivity index (χ2v) is 3.50. The van der Waals surface area contributed by atoms with Crippen molar-refractivity contribution >= 4 is 11.6 Å². The minimum atomic E-state index is 0.489. The molecular weight excluding hydrogens is 156 g/mol. The van der Waals surface area contributed by atoms with E-state index in [0.29, 0.717) is 5.92 Å². The lowest BCUT2D eigenvalue weighted by Gasteiger charge is -1.92. The van der Waals surface area contributed by atoms with Gasteiger partial charge in [-0.25, -0.2) is 0 Å². The van der Waals surface area contributed by atoms with Gasteiger partial charge in [-0.2, -0.15) is 0 Å². The molecule has 0 radical (unpaired) electrons. The molecule has 0 fully saturated rings. The predicted octanol–water partition coefficient (Wildman–Crippen LogP) is 1.44. The van der Waals surface area contributed by atoms with Crippen molar-refractivity contribution in [1.29, 1.82) is 0 Å². The largest absolute Gasteiger partial charge is 0.0776 e. The van der Waals surface area contributed by atoms with E-state index in [1.54, 1.807) is 0 Å². The maximum Gasteiger partial charge on any atom is 0.0290 e. The molecule has 0 spiro atoms. The van der Waals surface area contributed by atoms with Crippen LogP contribution in [0.1, 0.15) is 13.8 Å². The van der Waals surface area contributed by atoms with Gasteiger partial charge in [0.15, 0.2) is 0 Å². The zero-order valence-electron chi connectivity index (χ0n) is 7.96. The molecule has 1 aromatic carbocycles. The molecule has 0 bridgehead atoms. The molecule has 13 heavy (non-hydrogen) atoms. The maximum atomic E-state index is 3.15. The highest BCUT2D eigenvalue weighted by atomic mass is 14.0. The van der Waals surface area contributed by atoms with E-state index in [-0.39, 0.29) is 0 Å². The third-order valence-corrected chi connectivity index (χ3v) is 2.33. The van der Waals surface area contributed by atoms with Crippen LogP contribution in [-0.4, -0.2) is 0 Å². The van der Waals surface area contributed by atoms with Gasteiger partial charge in [-0.1, -0.05) is 37.3 Å². The third kappa shape index (κ3) is 1.51. The first kappa shape index (κ1) is 8.13. The molecule has 1 aliphatic carbocycles. The van der Waals surface area contributed by atoms with Crippen LogP contribution >= 0.6 is 0 Å². The van der Waals surface area contributed by atoms with Crippen LogP contribution in [0.4, 0.5) is 0 Å². The molecule has 0 nitrogen and oxygen atoms in total. The fourth-order valence-electron chi connectivity index (χ4n) is 1.58. The number of allylic oxidation sites excluding steroid dienone is 2. The fourth-order valence-corrected chi connectivity index (χ4v) is 1.58. The molecule has 1 aromatic rings. The molecule has 1 aliphatic rings. The molecule has 0 aromatic heterocycles. The minimum absolute atomic E-state index is 0.489. The molecular formula is C13H12. The molecule has 0 heterocycles. The molecule has 1 atom stereocenters. The molecule has 0 heteroatoms. The zero-order chi connectivity index (χ0) is 9.26.